The molecule has 2 aromatic carbocycles. The maximum Gasteiger partial charge on any atom is 0.356 e. The van der Waals surface area contributed by atoms with Gasteiger partial charge in [-0.15, -0.1) is 0 Å². The van der Waals surface area contributed by atoms with Gasteiger partial charge in [0, 0.05) is 49.9 Å². The number of methoxy groups -OCH3 is 1. The molecule has 0 aliphatic carbocycles. The van der Waals surface area contributed by atoms with Gasteiger partial charge in [0.2, 0.25) is 5.91 Å². The predicted octanol–water partition coefficient (Wildman–Crippen LogP) is 4.46. The van der Waals surface area contributed by atoms with Crippen molar-refractivity contribution < 1.29 is 19.4 Å². The highest BCUT2D eigenvalue weighted by Gasteiger charge is 2.22. The van der Waals surface area contributed by atoms with E-state index in [2.05, 4.69) is 26.8 Å². The maximum atomic E-state index is 12.9. The van der Waals surface area contributed by atoms with Crippen LogP contribution in [-0.4, -0.2) is 96.4 Å². The number of anilines is 1. The second kappa shape index (κ2) is 13.9. The lowest BCUT2D eigenvalue weighted by Crippen LogP contribution is -2.48. The van der Waals surface area contributed by atoms with Crippen LogP contribution in [-0.2, 0) is 9.53 Å². The first-order valence-electron chi connectivity index (χ1n) is 14.1. The number of H-pyrrole nitrogens is 1. The molecule has 0 bridgehead atoms. The third-order valence-corrected chi connectivity index (χ3v) is 7.12. The Hall–Kier alpha value is -4.54. The minimum absolute atomic E-state index is 0.0355. The number of piperazine rings is 1. The monoisotopic (exact) mass is 570 g/mol. The number of pyridine rings is 1. The van der Waals surface area contributed by atoms with Crippen LogP contribution >= 0.6 is 0 Å². The number of ether oxygens (including phenoxy) is 1. The molecule has 5 rings (SSSR count). The molecule has 0 atom stereocenters. The lowest BCUT2D eigenvalue weighted by atomic mass is 10.0. The highest BCUT2D eigenvalue weighted by atomic mass is 16.5. The topological polar surface area (TPSA) is 114 Å². The fourth-order valence-electron chi connectivity index (χ4n) is 4.70. The molecule has 0 saturated carbocycles. The number of fused-ring (bicyclic) bond motifs is 1. The number of rotatable bonds is 7. The second-order valence-electron chi connectivity index (χ2n) is 9.81. The summed E-state index contributed by atoms with van der Waals surface area (Å²) in [6, 6.07) is 20.2. The van der Waals surface area contributed by atoms with E-state index in [-0.39, 0.29) is 17.5 Å². The molecule has 1 fully saturated rings. The van der Waals surface area contributed by atoms with Gasteiger partial charge in [-0.1, -0.05) is 44.2 Å². The van der Waals surface area contributed by atoms with E-state index >= 15 is 0 Å². The SMILES string of the molecule is CC.COC(=O)c1ccc2c(C(=Nc3ccc(N(C)C(=O)CN4CCN(C)CC4)cc3)c3ccccc3)c(O)[nH]c2n1. The largest absolute Gasteiger partial charge is 0.494 e. The predicted molar refractivity (Wildman–Crippen MR) is 166 cm³/mol. The molecule has 0 unspecified atom stereocenters. The molecule has 10 heteroatoms. The van der Waals surface area contributed by atoms with E-state index in [0.717, 1.165) is 37.4 Å². The summed E-state index contributed by atoms with van der Waals surface area (Å²) < 4.78 is 4.77. The number of hydrogen-bond acceptors (Lipinski definition) is 8. The van der Waals surface area contributed by atoms with Crippen molar-refractivity contribution in [2.45, 2.75) is 13.8 Å². The van der Waals surface area contributed by atoms with Crippen LogP contribution < -0.4 is 4.90 Å². The number of amides is 1. The van der Waals surface area contributed by atoms with E-state index in [1.165, 1.54) is 7.11 Å². The molecule has 2 aromatic heterocycles. The fraction of sp³-hybridized carbons (Fsp3) is 0.312. The average Bonchev–Trinajstić information content (AvgIpc) is 3.36. The lowest BCUT2D eigenvalue weighted by Gasteiger charge is -2.32. The van der Waals surface area contributed by atoms with Crippen LogP contribution in [0.25, 0.3) is 11.0 Å². The number of likely N-dealkylation sites (N-methyl/N-ethyl adjacent to an activating group) is 2. The number of aliphatic imine (C=N–C) groups is 1. The van der Waals surface area contributed by atoms with E-state index in [1.54, 1.807) is 24.1 Å². The van der Waals surface area contributed by atoms with E-state index in [9.17, 15) is 14.7 Å². The summed E-state index contributed by atoms with van der Waals surface area (Å²) in [5, 5.41) is 11.5. The molecule has 220 valence electrons. The number of carbonyl (C=O) groups is 2. The smallest absolute Gasteiger partial charge is 0.356 e. The zero-order valence-corrected chi connectivity index (χ0v) is 24.8. The van der Waals surface area contributed by atoms with Crippen LogP contribution in [0.1, 0.15) is 35.5 Å². The minimum Gasteiger partial charge on any atom is -0.494 e. The maximum absolute atomic E-state index is 12.9. The van der Waals surface area contributed by atoms with Gasteiger partial charge in [0.25, 0.3) is 0 Å². The van der Waals surface area contributed by atoms with E-state index < -0.39 is 5.97 Å². The molecule has 1 amide bonds. The Balaban J connectivity index is 0.00000198. The second-order valence-corrected chi connectivity index (χ2v) is 9.81. The van der Waals surface area contributed by atoms with Gasteiger partial charge >= 0.3 is 5.97 Å². The summed E-state index contributed by atoms with van der Waals surface area (Å²) in [4.78, 5) is 43.1. The molecule has 1 saturated heterocycles. The molecule has 42 heavy (non-hydrogen) atoms. The molecule has 1 aliphatic rings. The Labute approximate surface area is 246 Å². The molecule has 1 aliphatic heterocycles. The highest BCUT2D eigenvalue weighted by molar-refractivity contribution is 6.21. The Bertz CT molecular complexity index is 1540. The van der Waals surface area contributed by atoms with Gasteiger partial charge in [-0.2, -0.15) is 0 Å². The number of aromatic hydroxyl groups is 1. The molecule has 0 radical (unpaired) electrons. The van der Waals surface area contributed by atoms with Crippen LogP contribution in [0.4, 0.5) is 11.4 Å². The van der Waals surface area contributed by atoms with Gasteiger partial charge in [0.05, 0.1) is 30.6 Å². The van der Waals surface area contributed by atoms with Gasteiger partial charge in [0.1, 0.15) is 5.65 Å². The van der Waals surface area contributed by atoms with Crippen molar-refractivity contribution in [3.8, 4) is 5.88 Å². The molecule has 2 N–H and O–H groups in total. The summed E-state index contributed by atoms with van der Waals surface area (Å²) in [5.74, 6) is -0.646. The van der Waals surface area contributed by atoms with E-state index in [4.69, 9.17) is 9.73 Å². The van der Waals surface area contributed by atoms with Crippen LogP contribution in [0.15, 0.2) is 71.7 Å². The highest BCUT2D eigenvalue weighted by Crippen LogP contribution is 2.31. The van der Waals surface area contributed by atoms with Crippen molar-refractivity contribution in [3.63, 3.8) is 0 Å². The quantitative estimate of drug-likeness (QED) is 0.249. The number of aromatic amines is 1. The van der Waals surface area contributed by atoms with Gasteiger partial charge in [0.15, 0.2) is 11.6 Å². The summed E-state index contributed by atoms with van der Waals surface area (Å²) in [7, 11) is 5.17. The van der Waals surface area contributed by atoms with Gasteiger partial charge in [-0.3, -0.25) is 9.69 Å². The molecular formula is C32H38N6O4. The molecule has 10 nitrogen and oxygen atoms in total. The molecule has 0 spiro atoms. The van der Waals surface area contributed by atoms with E-state index in [1.807, 2.05) is 68.4 Å². The van der Waals surface area contributed by atoms with Crippen molar-refractivity contribution in [3.05, 3.63) is 83.6 Å². The summed E-state index contributed by atoms with van der Waals surface area (Å²) in [6.07, 6.45) is 0. The number of hydrogen-bond donors (Lipinski definition) is 2. The van der Waals surface area contributed by atoms with Gasteiger partial charge in [-0.25, -0.2) is 14.8 Å². The van der Waals surface area contributed by atoms with Crippen molar-refractivity contribution in [1.29, 1.82) is 0 Å². The first-order chi connectivity index (χ1) is 20.3. The molecular weight excluding hydrogens is 532 g/mol. The van der Waals surface area contributed by atoms with Crippen LogP contribution in [0.5, 0.6) is 5.88 Å². The Morgan fingerprint density at radius 3 is 2.31 bits per heavy atom. The number of carbonyl (C=O) groups excluding carboxylic acids is 2. The lowest BCUT2D eigenvalue weighted by molar-refractivity contribution is -0.119. The third-order valence-electron chi connectivity index (χ3n) is 7.12. The van der Waals surface area contributed by atoms with Crippen LogP contribution in [0.2, 0.25) is 0 Å². The van der Waals surface area contributed by atoms with E-state index in [0.29, 0.717) is 34.5 Å². The number of aromatic nitrogens is 2. The summed E-state index contributed by atoms with van der Waals surface area (Å²) in [5.41, 5.74) is 3.68. The van der Waals surface area contributed by atoms with Gasteiger partial charge in [-0.05, 0) is 43.4 Å². The number of nitrogens with zero attached hydrogens (tertiary/aromatic N) is 5. The summed E-state index contributed by atoms with van der Waals surface area (Å²) in [6.45, 7) is 8.07. The first kappa shape index (κ1) is 30.4. The standard InChI is InChI=1S/C30H32N6O4.C2H6/c1-34-15-17-36(18-16-34)19-25(37)35(2)22-11-9-21(10-12-22)31-27(20-7-5-4-6-8-20)26-23-13-14-24(30(39)40-3)32-28(23)33-29(26)38;1-2/h4-14,38H,15-19H2,1-3H3,(H,32,33);1-2H3. The van der Waals surface area contributed by atoms with Crippen LogP contribution in [0, 0.1) is 0 Å². The Kier molecular flexibility index (Phi) is 10.1. The normalized spacial score (nSPS) is 14.3. The Morgan fingerprint density at radius 2 is 1.67 bits per heavy atom. The number of esters is 1. The fourth-order valence-corrected chi connectivity index (χ4v) is 4.70. The molecule has 3 heterocycles. The zero-order chi connectivity index (χ0) is 30.2. The van der Waals surface area contributed by atoms with Gasteiger partial charge < -0.3 is 24.6 Å². The Morgan fingerprint density at radius 1 is 1.00 bits per heavy atom. The van der Waals surface area contributed by atoms with Crippen molar-refractivity contribution in [2.75, 3.05) is 58.8 Å². The average molecular weight is 571 g/mol. The first-order valence-corrected chi connectivity index (χ1v) is 14.1. The summed E-state index contributed by atoms with van der Waals surface area (Å²) >= 11 is 0. The minimum atomic E-state index is -0.568. The van der Waals surface area contributed by atoms with Crippen molar-refractivity contribution in [1.82, 2.24) is 19.8 Å². The van der Waals surface area contributed by atoms with Crippen molar-refractivity contribution >= 4 is 40.0 Å². The number of nitrogens with one attached hydrogen (secondary N) is 1. The van der Waals surface area contributed by atoms with Crippen molar-refractivity contribution in [2.24, 2.45) is 4.99 Å². The van der Waals surface area contributed by atoms with Crippen LogP contribution in [0.3, 0.4) is 0 Å². The number of benzene rings is 2. The molecule has 4 aromatic rings. The third kappa shape index (κ3) is 6.84. The zero-order valence-electron chi connectivity index (χ0n) is 24.8.